The number of nitrogens with zero attached hydrogens (tertiary/aromatic N) is 2. The Kier molecular flexibility index (Phi) is 7.02. The van der Waals surface area contributed by atoms with Gasteiger partial charge in [-0.3, -0.25) is 14.2 Å². The zero-order valence-electron chi connectivity index (χ0n) is 17.6. The van der Waals surface area contributed by atoms with Crippen molar-refractivity contribution in [3.05, 3.63) is 76.6 Å². The number of nitrogens with one attached hydrogen (secondary N) is 2. The van der Waals surface area contributed by atoms with Crippen LogP contribution in [-0.4, -0.2) is 30.7 Å². The highest BCUT2D eigenvalue weighted by Gasteiger charge is 2.18. The molecule has 1 atom stereocenters. The number of sulfonamides is 1. The molecule has 0 aliphatic heterocycles. The Bertz CT molecular complexity index is 1190. The van der Waals surface area contributed by atoms with E-state index in [1.165, 1.54) is 18.2 Å². The molecule has 2 N–H and O–H groups in total. The summed E-state index contributed by atoms with van der Waals surface area (Å²) in [4.78, 5) is 12.6. The Hall–Kier alpha value is -2.84. The Balaban J connectivity index is 1.65. The van der Waals surface area contributed by atoms with Crippen LogP contribution in [-0.2, 0) is 16.6 Å². The van der Waals surface area contributed by atoms with Crippen LogP contribution in [0.2, 0.25) is 5.02 Å². The standard InChI is InChI=1S/C22H25ClN4O3S/c1-15(14-27-17(3)11-16(2)25-27)13-24-22(28)18-7-6-8-19(12-18)31(29,30)26-21-10-5-4-9-20(21)23/h4-12,15,26H,13-14H2,1-3H3,(H,24,28). The molecule has 9 heteroatoms. The van der Waals surface area contributed by atoms with Crippen molar-refractivity contribution in [2.45, 2.75) is 32.2 Å². The Morgan fingerprint density at radius 3 is 2.55 bits per heavy atom. The SMILES string of the molecule is Cc1cc(C)n(CC(C)CNC(=O)c2cccc(S(=O)(=O)Nc3ccccc3Cl)c2)n1. The first-order chi connectivity index (χ1) is 14.7. The zero-order valence-corrected chi connectivity index (χ0v) is 19.2. The van der Waals surface area contributed by atoms with E-state index in [1.807, 2.05) is 31.5 Å². The lowest BCUT2D eigenvalue weighted by Gasteiger charge is -2.14. The minimum absolute atomic E-state index is 0.0178. The highest BCUT2D eigenvalue weighted by Crippen LogP contribution is 2.24. The number of carbonyl (C=O) groups excluding carboxylic acids is 1. The van der Waals surface area contributed by atoms with Gasteiger partial charge in [0.2, 0.25) is 0 Å². The molecule has 164 valence electrons. The second-order valence-electron chi connectivity index (χ2n) is 7.54. The fourth-order valence-electron chi connectivity index (χ4n) is 3.14. The number of hydrogen-bond acceptors (Lipinski definition) is 4. The number of aromatic nitrogens is 2. The molecule has 7 nitrogen and oxygen atoms in total. The highest BCUT2D eigenvalue weighted by atomic mass is 35.5. The van der Waals surface area contributed by atoms with Gasteiger partial charge in [-0.05, 0) is 56.2 Å². The summed E-state index contributed by atoms with van der Waals surface area (Å²) < 4.78 is 29.8. The van der Waals surface area contributed by atoms with E-state index in [1.54, 1.807) is 30.3 Å². The predicted molar refractivity (Wildman–Crippen MR) is 122 cm³/mol. The molecule has 0 saturated heterocycles. The van der Waals surface area contributed by atoms with Gasteiger partial charge in [0.05, 0.1) is 21.3 Å². The number of benzene rings is 2. The monoisotopic (exact) mass is 460 g/mol. The topological polar surface area (TPSA) is 93.1 Å². The maximum Gasteiger partial charge on any atom is 0.261 e. The molecular formula is C22H25ClN4O3S. The van der Waals surface area contributed by atoms with Crippen molar-refractivity contribution in [3.63, 3.8) is 0 Å². The first kappa shape index (κ1) is 22.8. The maximum absolute atomic E-state index is 12.7. The lowest BCUT2D eigenvalue weighted by molar-refractivity contribution is 0.0946. The molecule has 31 heavy (non-hydrogen) atoms. The molecule has 0 aliphatic carbocycles. The number of aryl methyl sites for hydroxylation is 2. The molecule has 0 spiro atoms. The molecular weight excluding hydrogens is 436 g/mol. The Labute approximate surface area is 187 Å². The summed E-state index contributed by atoms with van der Waals surface area (Å²) in [5.74, 6) is -0.189. The normalized spacial score (nSPS) is 12.4. The van der Waals surface area contributed by atoms with E-state index in [-0.39, 0.29) is 33.0 Å². The van der Waals surface area contributed by atoms with E-state index in [2.05, 4.69) is 15.1 Å². The number of carbonyl (C=O) groups is 1. The number of para-hydroxylation sites is 1. The van der Waals surface area contributed by atoms with E-state index >= 15 is 0 Å². The molecule has 0 saturated carbocycles. The van der Waals surface area contributed by atoms with Gasteiger partial charge in [-0.15, -0.1) is 0 Å². The minimum Gasteiger partial charge on any atom is -0.352 e. The first-order valence-electron chi connectivity index (χ1n) is 9.82. The van der Waals surface area contributed by atoms with Crippen LogP contribution in [0.25, 0.3) is 0 Å². The number of anilines is 1. The van der Waals surface area contributed by atoms with E-state index in [0.717, 1.165) is 11.4 Å². The average Bonchev–Trinajstić information content (AvgIpc) is 3.04. The molecule has 1 unspecified atom stereocenters. The first-order valence-corrected chi connectivity index (χ1v) is 11.7. The Morgan fingerprint density at radius 2 is 1.87 bits per heavy atom. The second kappa shape index (κ2) is 9.53. The molecule has 0 aliphatic rings. The van der Waals surface area contributed by atoms with Gasteiger partial charge in [0, 0.05) is 24.3 Å². The third-order valence-electron chi connectivity index (χ3n) is 4.72. The lowest BCUT2D eigenvalue weighted by Crippen LogP contribution is -2.30. The average molecular weight is 461 g/mol. The van der Waals surface area contributed by atoms with Gasteiger partial charge >= 0.3 is 0 Å². The number of amides is 1. The predicted octanol–water partition coefficient (Wildman–Crippen LogP) is 4.02. The van der Waals surface area contributed by atoms with Crippen LogP contribution in [0.1, 0.15) is 28.7 Å². The van der Waals surface area contributed by atoms with E-state index < -0.39 is 10.0 Å². The van der Waals surface area contributed by atoms with Crippen molar-refractivity contribution in [3.8, 4) is 0 Å². The minimum atomic E-state index is -3.89. The molecule has 1 amide bonds. The van der Waals surface area contributed by atoms with Crippen molar-refractivity contribution in [1.82, 2.24) is 15.1 Å². The number of hydrogen-bond donors (Lipinski definition) is 2. The van der Waals surface area contributed by atoms with Gasteiger partial charge < -0.3 is 5.32 Å². The quantitative estimate of drug-likeness (QED) is 0.531. The van der Waals surface area contributed by atoms with Gasteiger partial charge in [-0.1, -0.05) is 36.7 Å². The van der Waals surface area contributed by atoms with Crippen LogP contribution in [0.15, 0.2) is 59.5 Å². The van der Waals surface area contributed by atoms with Crippen molar-refractivity contribution in [2.24, 2.45) is 5.92 Å². The van der Waals surface area contributed by atoms with Crippen LogP contribution in [0.5, 0.6) is 0 Å². The van der Waals surface area contributed by atoms with Gasteiger partial charge in [-0.25, -0.2) is 8.42 Å². The molecule has 1 aromatic heterocycles. The summed E-state index contributed by atoms with van der Waals surface area (Å²) >= 11 is 6.04. The molecule has 0 bridgehead atoms. The van der Waals surface area contributed by atoms with Gasteiger partial charge in [0.15, 0.2) is 0 Å². The summed E-state index contributed by atoms with van der Waals surface area (Å²) in [6, 6.07) is 14.5. The van der Waals surface area contributed by atoms with Crippen LogP contribution >= 0.6 is 11.6 Å². The maximum atomic E-state index is 12.7. The van der Waals surface area contributed by atoms with Crippen LogP contribution in [0, 0.1) is 19.8 Å². The molecule has 3 aromatic rings. The van der Waals surface area contributed by atoms with Crippen molar-refractivity contribution < 1.29 is 13.2 Å². The number of halogens is 1. The van der Waals surface area contributed by atoms with E-state index in [4.69, 9.17) is 11.6 Å². The van der Waals surface area contributed by atoms with Crippen molar-refractivity contribution >= 4 is 33.2 Å². The molecule has 0 fully saturated rings. The fraction of sp³-hybridized carbons (Fsp3) is 0.273. The fourth-order valence-corrected chi connectivity index (χ4v) is 4.50. The number of rotatable bonds is 8. The molecule has 2 aromatic carbocycles. The van der Waals surface area contributed by atoms with Crippen LogP contribution in [0.3, 0.4) is 0 Å². The van der Waals surface area contributed by atoms with Crippen molar-refractivity contribution in [1.29, 1.82) is 0 Å². The third kappa shape index (κ3) is 5.86. The largest absolute Gasteiger partial charge is 0.352 e. The second-order valence-corrected chi connectivity index (χ2v) is 9.63. The van der Waals surface area contributed by atoms with Gasteiger partial charge in [-0.2, -0.15) is 5.10 Å². The highest BCUT2D eigenvalue weighted by molar-refractivity contribution is 7.92. The third-order valence-corrected chi connectivity index (χ3v) is 6.42. The lowest BCUT2D eigenvalue weighted by atomic mass is 10.1. The zero-order chi connectivity index (χ0) is 22.6. The smallest absolute Gasteiger partial charge is 0.261 e. The Morgan fingerprint density at radius 1 is 1.13 bits per heavy atom. The summed E-state index contributed by atoms with van der Waals surface area (Å²) in [6.45, 7) is 7.07. The molecule has 0 radical (unpaired) electrons. The van der Waals surface area contributed by atoms with Crippen LogP contribution in [0.4, 0.5) is 5.69 Å². The van der Waals surface area contributed by atoms with Crippen LogP contribution < -0.4 is 10.0 Å². The van der Waals surface area contributed by atoms with Gasteiger partial charge in [0.25, 0.3) is 15.9 Å². The summed E-state index contributed by atoms with van der Waals surface area (Å²) in [5, 5.41) is 7.59. The van der Waals surface area contributed by atoms with Gasteiger partial charge in [0.1, 0.15) is 0 Å². The van der Waals surface area contributed by atoms with E-state index in [0.29, 0.717) is 13.1 Å². The molecule has 1 heterocycles. The van der Waals surface area contributed by atoms with E-state index in [9.17, 15) is 13.2 Å². The summed E-state index contributed by atoms with van der Waals surface area (Å²) in [5.41, 5.74) is 2.56. The van der Waals surface area contributed by atoms with Crippen molar-refractivity contribution in [2.75, 3.05) is 11.3 Å². The summed E-state index contributed by atoms with van der Waals surface area (Å²) in [7, 11) is -3.89. The summed E-state index contributed by atoms with van der Waals surface area (Å²) in [6.07, 6.45) is 0. The molecule has 3 rings (SSSR count).